The van der Waals surface area contributed by atoms with Gasteiger partial charge in [0.1, 0.15) is 0 Å². The summed E-state index contributed by atoms with van der Waals surface area (Å²) in [5, 5.41) is 8.41. The van der Waals surface area contributed by atoms with Gasteiger partial charge >= 0.3 is 5.97 Å². The molecule has 0 heterocycles. The van der Waals surface area contributed by atoms with Gasteiger partial charge in [-0.15, -0.1) is 0 Å². The zero-order valence-corrected chi connectivity index (χ0v) is 8.44. The molecule has 0 unspecified atom stereocenters. The van der Waals surface area contributed by atoms with Crippen LogP contribution in [0.15, 0.2) is 37.0 Å². The third-order valence-electron chi connectivity index (χ3n) is 1.52. The van der Waals surface area contributed by atoms with Crippen molar-refractivity contribution in [1.82, 2.24) is 0 Å². The van der Waals surface area contributed by atoms with E-state index in [2.05, 4.69) is 17.9 Å². The predicted molar refractivity (Wildman–Crippen MR) is 56.1 cm³/mol. The maximum atomic E-state index is 11.3. The highest BCUT2D eigenvalue weighted by Crippen LogP contribution is 1.99. The molecule has 4 heteroatoms. The van der Waals surface area contributed by atoms with Crippen molar-refractivity contribution in [2.24, 2.45) is 0 Å². The van der Waals surface area contributed by atoms with Crippen LogP contribution < -0.4 is 0 Å². The van der Waals surface area contributed by atoms with Crippen LogP contribution in [0.2, 0.25) is 0 Å². The topological polar surface area (TPSA) is 63.6 Å². The smallest absolute Gasteiger partial charge is 0.308 e. The summed E-state index contributed by atoms with van der Waals surface area (Å²) >= 11 is 0. The molecule has 82 valence electrons. The van der Waals surface area contributed by atoms with E-state index in [1.165, 1.54) is 18.2 Å². The zero-order valence-electron chi connectivity index (χ0n) is 8.44. The van der Waals surface area contributed by atoms with E-state index in [1.54, 1.807) is 0 Å². The summed E-state index contributed by atoms with van der Waals surface area (Å²) in [6.45, 7) is 6.25. The van der Waals surface area contributed by atoms with Crippen molar-refractivity contribution in [3.63, 3.8) is 0 Å². The van der Waals surface area contributed by atoms with Gasteiger partial charge in [0, 0.05) is 5.57 Å². The SMILES string of the molecule is C=C/C=C(\C=C)C(=O)COC(=O)CCO. The van der Waals surface area contributed by atoms with Crippen LogP contribution in [-0.2, 0) is 14.3 Å². The molecular weight excluding hydrogens is 196 g/mol. The van der Waals surface area contributed by atoms with Crippen molar-refractivity contribution in [3.8, 4) is 0 Å². The Hall–Kier alpha value is -1.68. The van der Waals surface area contributed by atoms with Crippen LogP contribution in [-0.4, -0.2) is 30.1 Å². The number of aliphatic hydroxyl groups is 1. The lowest BCUT2D eigenvalue weighted by Gasteiger charge is -2.03. The van der Waals surface area contributed by atoms with Crippen molar-refractivity contribution in [3.05, 3.63) is 37.0 Å². The number of aliphatic hydroxyl groups excluding tert-OH is 1. The number of carbonyl (C=O) groups is 2. The van der Waals surface area contributed by atoms with Crippen LogP contribution in [0, 0.1) is 0 Å². The van der Waals surface area contributed by atoms with E-state index in [0.29, 0.717) is 5.57 Å². The third kappa shape index (κ3) is 5.59. The van der Waals surface area contributed by atoms with Crippen molar-refractivity contribution < 1.29 is 19.4 Å². The molecule has 4 nitrogen and oxygen atoms in total. The molecule has 0 rings (SSSR count). The van der Waals surface area contributed by atoms with Gasteiger partial charge in [-0.25, -0.2) is 0 Å². The Morgan fingerprint density at radius 2 is 2.00 bits per heavy atom. The molecule has 15 heavy (non-hydrogen) atoms. The second-order valence-corrected chi connectivity index (χ2v) is 2.62. The summed E-state index contributed by atoms with van der Waals surface area (Å²) in [4.78, 5) is 22.2. The fraction of sp³-hybridized carbons (Fsp3) is 0.273. The molecule has 0 aromatic carbocycles. The Bertz CT molecular complexity index is 289. The molecule has 0 saturated heterocycles. The summed E-state index contributed by atoms with van der Waals surface area (Å²) in [5.41, 5.74) is 0.335. The second kappa shape index (κ2) is 7.70. The number of hydrogen-bond donors (Lipinski definition) is 1. The largest absolute Gasteiger partial charge is 0.457 e. The highest BCUT2D eigenvalue weighted by molar-refractivity contribution is 5.99. The van der Waals surface area contributed by atoms with Crippen LogP contribution in [0.1, 0.15) is 6.42 Å². The van der Waals surface area contributed by atoms with Gasteiger partial charge in [-0.2, -0.15) is 0 Å². The van der Waals surface area contributed by atoms with Crippen molar-refractivity contribution >= 4 is 11.8 Å². The number of carbonyl (C=O) groups excluding carboxylic acids is 2. The maximum absolute atomic E-state index is 11.3. The van der Waals surface area contributed by atoms with E-state index >= 15 is 0 Å². The Kier molecular flexibility index (Phi) is 6.84. The lowest BCUT2D eigenvalue weighted by molar-refractivity contribution is -0.147. The van der Waals surface area contributed by atoms with Gasteiger partial charge < -0.3 is 9.84 Å². The van der Waals surface area contributed by atoms with Gasteiger partial charge in [0.25, 0.3) is 0 Å². The molecule has 0 atom stereocenters. The predicted octanol–water partition coefficient (Wildman–Crippen LogP) is 0.780. The highest BCUT2D eigenvalue weighted by atomic mass is 16.5. The van der Waals surface area contributed by atoms with Gasteiger partial charge in [0.2, 0.25) is 0 Å². The van der Waals surface area contributed by atoms with E-state index in [-0.39, 0.29) is 25.4 Å². The molecule has 0 aliphatic heterocycles. The standard InChI is InChI=1S/C11H14O4/c1-3-5-9(4-2)10(13)8-15-11(14)6-7-12/h3-5,12H,1-2,6-8H2/b9-5+. The van der Waals surface area contributed by atoms with E-state index < -0.39 is 5.97 Å². The molecule has 1 N–H and O–H groups in total. The third-order valence-corrected chi connectivity index (χ3v) is 1.52. The molecule has 0 aliphatic carbocycles. The number of ether oxygens (including phenoxy) is 1. The summed E-state index contributed by atoms with van der Waals surface area (Å²) in [7, 11) is 0. The van der Waals surface area contributed by atoms with Gasteiger partial charge in [0.15, 0.2) is 12.4 Å². The van der Waals surface area contributed by atoms with E-state index in [9.17, 15) is 9.59 Å². The minimum atomic E-state index is -0.604. The first-order valence-corrected chi connectivity index (χ1v) is 4.40. The molecule has 0 fully saturated rings. The fourth-order valence-electron chi connectivity index (χ4n) is 0.795. The molecular formula is C11H14O4. The normalized spacial score (nSPS) is 10.6. The highest BCUT2D eigenvalue weighted by Gasteiger charge is 2.09. The Balaban J connectivity index is 4.13. The average molecular weight is 210 g/mol. The summed E-state index contributed by atoms with van der Waals surface area (Å²) in [6.07, 6.45) is 4.19. The van der Waals surface area contributed by atoms with Crippen molar-refractivity contribution in [2.45, 2.75) is 6.42 Å². The van der Waals surface area contributed by atoms with E-state index in [4.69, 9.17) is 5.11 Å². The summed E-state index contributed by atoms with van der Waals surface area (Å²) in [6, 6.07) is 0. The first-order valence-electron chi connectivity index (χ1n) is 4.40. The molecule has 0 aliphatic rings. The van der Waals surface area contributed by atoms with Crippen molar-refractivity contribution in [1.29, 1.82) is 0 Å². The lowest BCUT2D eigenvalue weighted by atomic mass is 10.1. The zero-order chi connectivity index (χ0) is 11.7. The van der Waals surface area contributed by atoms with Gasteiger partial charge in [0.05, 0.1) is 13.0 Å². The first kappa shape index (κ1) is 13.3. The summed E-state index contributed by atoms with van der Waals surface area (Å²) in [5.74, 6) is -0.955. The van der Waals surface area contributed by atoms with E-state index in [0.717, 1.165) is 0 Å². The van der Waals surface area contributed by atoms with Crippen LogP contribution in [0.4, 0.5) is 0 Å². The monoisotopic (exact) mass is 210 g/mol. The number of Topliss-reactive ketones (excluding diaryl/α,β-unsaturated/α-hetero) is 1. The average Bonchev–Trinajstić information content (AvgIpc) is 2.23. The van der Waals surface area contributed by atoms with Crippen LogP contribution >= 0.6 is 0 Å². The van der Waals surface area contributed by atoms with E-state index in [1.807, 2.05) is 0 Å². The Morgan fingerprint density at radius 3 is 2.47 bits per heavy atom. The van der Waals surface area contributed by atoms with Crippen LogP contribution in [0.3, 0.4) is 0 Å². The minimum Gasteiger partial charge on any atom is -0.457 e. The van der Waals surface area contributed by atoms with Crippen LogP contribution in [0.25, 0.3) is 0 Å². The summed E-state index contributed by atoms with van der Waals surface area (Å²) < 4.78 is 4.60. The van der Waals surface area contributed by atoms with Gasteiger partial charge in [-0.3, -0.25) is 9.59 Å². The number of ketones is 1. The minimum absolute atomic E-state index is 0.109. The number of rotatable bonds is 7. The second-order valence-electron chi connectivity index (χ2n) is 2.62. The Labute approximate surface area is 88.6 Å². The molecule has 0 aromatic heterocycles. The molecule has 0 spiro atoms. The van der Waals surface area contributed by atoms with Crippen molar-refractivity contribution in [2.75, 3.05) is 13.2 Å². The van der Waals surface area contributed by atoms with Gasteiger partial charge in [-0.1, -0.05) is 31.4 Å². The molecule has 0 saturated carbocycles. The number of esters is 1. The molecule has 0 amide bonds. The number of hydrogen-bond acceptors (Lipinski definition) is 4. The number of allylic oxidation sites excluding steroid dienone is 3. The lowest BCUT2D eigenvalue weighted by Crippen LogP contribution is -2.15. The Morgan fingerprint density at radius 1 is 1.33 bits per heavy atom. The maximum Gasteiger partial charge on any atom is 0.308 e. The first-order chi connectivity index (χ1) is 7.15. The quantitative estimate of drug-likeness (QED) is 0.383. The molecule has 0 bridgehead atoms. The van der Waals surface area contributed by atoms with Gasteiger partial charge in [-0.05, 0) is 0 Å². The molecule has 0 radical (unpaired) electrons. The van der Waals surface area contributed by atoms with Crippen LogP contribution in [0.5, 0.6) is 0 Å². The molecule has 0 aromatic rings. The fourth-order valence-corrected chi connectivity index (χ4v) is 0.795.